The van der Waals surface area contributed by atoms with Crippen molar-refractivity contribution in [3.8, 4) is 5.75 Å². The SMILES string of the molecule is Cc1cccc(OC(C)C2CCCN2)c1. The molecule has 0 bridgehead atoms. The third-order valence-electron chi connectivity index (χ3n) is 2.98. The maximum Gasteiger partial charge on any atom is 0.120 e. The molecule has 82 valence electrons. The lowest BCUT2D eigenvalue weighted by molar-refractivity contribution is 0.180. The molecule has 1 N–H and O–H groups in total. The van der Waals surface area contributed by atoms with E-state index >= 15 is 0 Å². The summed E-state index contributed by atoms with van der Waals surface area (Å²) in [5, 5.41) is 3.47. The molecule has 0 aliphatic carbocycles. The Labute approximate surface area is 91.6 Å². The second-order valence-corrected chi connectivity index (χ2v) is 4.34. The zero-order valence-electron chi connectivity index (χ0n) is 9.49. The summed E-state index contributed by atoms with van der Waals surface area (Å²) < 4.78 is 5.92. The van der Waals surface area contributed by atoms with Gasteiger partial charge in [0.2, 0.25) is 0 Å². The molecule has 1 aliphatic heterocycles. The lowest BCUT2D eigenvalue weighted by atomic mass is 10.1. The minimum absolute atomic E-state index is 0.259. The van der Waals surface area contributed by atoms with Crippen LogP contribution in [0.5, 0.6) is 5.75 Å². The van der Waals surface area contributed by atoms with Crippen molar-refractivity contribution >= 4 is 0 Å². The van der Waals surface area contributed by atoms with Crippen molar-refractivity contribution in [3.63, 3.8) is 0 Å². The minimum atomic E-state index is 0.259. The standard InChI is InChI=1S/C13H19NO/c1-10-5-3-6-12(9-10)15-11(2)13-7-4-8-14-13/h3,5-6,9,11,13-14H,4,7-8H2,1-2H3. The highest BCUT2D eigenvalue weighted by Gasteiger charge is 2.21. The molecule has 2 rings (SSSR count). The highest BCUT2D eigenvalue weighted by molar-refractivity contribution is 5.27. The number of aryl methyl sites for hydroxylation is 1. The normalized spacial score (nSPS) is 22.7. The highest BCUT2D eigenvalue weighted by atomic mass is 16.5. The highest BCUT2D eigenvalue weighted by Crippen LogP contribution is 2.18. The van der Waals surface area contributed by atoms with Gasteiger partial charge in [-0.1, -0.05) is 12.1 Å². The van der Waals surface area contributed by atoms with Crippen LogP contribution in [0, 0.1) is 6.92 Å². The molecule has 2 atom stereocenters. The molecule has 2 unspecified atom stereocenters. The number of rotatable bonds is 3. The Kier molecular flexibility index (Phi) is 3.27. The first-order valence-corrected chi connectivity index (χ1v) is 5.72. The lowest BCUT2D eigenvalue weighted by Crippen LogP contribution is -2.36. The van der Waals surface area contributed by atoms with Gasteiger partial charge in [-0.3, -0.25) is 0 Å². The molecule has 1 aromatic carbocycles. The van der Waals surface area contributed by atoms with Gasteiger partial charge >= 0.3 is 0 Å². The smallest absolute Gasteiger partial charge is 0.120 e. The Morgan fingerprint density at radius 2 is 2.33 bits per heavy atom. The van der Waals surface area contributed by atoms with Crippen molar-refractivity contribution < 1.29 is 4.74 Å². The summed E-state index contributed by atoms with van der Waals surface area (Å²) in [5.74, 6) is 0.983. The van der Waals surface area contributed by atoms with Crippen LogP contribution in [0.4, 0.5) is 0 Å². The molecule has 2 heteroatoms. The van der Waals surface area contributed by atoms with Gasteiger partial charge in [-0.25, -0.2) is 0 Å². The predicted octanol–water partition coefficient (Wildman–Crippen LogP) is 2.51. The first-order valence-electron chi connectivity index (χ1n) is 5.72. The van der Waals surface area contributed by atoms with Gasteiger partial charge in [-0.05, 0) is 50.9 Å². The summed E-state index contributed by atoms with van der Waals surface area (Å²) in [7, 11) is 0. The van der Waals surface area contributed by atoms with Crippen LogP contribution in [0.15, 0.2) is 24.3 Å². The van der Waals surface area contributed by atoms with E-state index in [4.69, 9.17) is 4.74 Å². The van der Waals surface area contributed by atoms with Gasteiger partial charge in [0.15, 0.2) is 0 Å². The molecule has 1 aliphatic rings. The zero-order chi connectivity index (χ0) is 10.7. The quantitative estimate of drug-likeness (QED) is 0.818. The van der Waals surface area contributed by atoms with Crippen molar-refractivity contribution in [2.24, 2.45) is 0 Å². The summed E-state index contributed by atoms with van der Waals surface area (Å²) in [5.41, 5.74) is 1.25. The van der Waals surface area contributed by atoms with Gasteiger partial charge in [0.1, 0.15) is 11.9 Å². The van der Waals surface area contributed by atoms with Crippen molar-refractivity contribution in [2.45, 2.75) is 38.8 Å². The largest absolute Gasteiger partial charge is 0.489 e. The van der Waals surface area contributed by atoms with Crippen LogP contribution < -0.4 is 10.1 Å². The first kappa shape index (κ1) is 10.5. The Bertz CT molecular complexity index is 318. The molecular weight excluding hydrogens is 186 g/mol. The predicted molar refractivity (Wildman–Crippen MR) is 62.3 cm³/mol. The first-order chi connectivity index (χ1) is 7.25. The fourth-order valence-corrected chi connectivity index (χ4v) is 2.10. The molecule has 0 radical (unpaired) electrons. The van der Waals surface area contributed by atoms with Crippen molar-refractivity contribution in [1.29, 1.82) is 0 Å². The molecule has 1 saturated heterocycles. The monoisotopic (exact) mass is 205 g/mol. The molecule has 2 nitrogen and oxygen atoms in total. The van der Waals surface area contributed by atoms with E-state index in [1.165, 1.54) is 18.4 Å². The van der Waals surface area contributed by atoms with E-state index in [2.05, 4.69) is 31.3 Å². The van der Waals surface area contributed by atoms with Crippen molar-refractivity contribution in [3.05, 3.63) is 29.8 Å². The molecule has 1 heterocycles. The number of nitrogens with one attached hydrogen (secondary N) is 1. The second-order valence-electron chi connectivity index (χ2n) is 4.34. The Morgan fingerprint density at radius 1 is 1.47 bits per heavy atom. The van der Waals surface area contributed by atoms with Gasteiger partial charge in [-0.2, -0.15) is 0 Å². The molecule has 1 aromatic rings. The van der Waals surface area contributed by atoms with Gasteiger partial charge < -0.3 is 10.1 Å². The molecule has 0 aromatic heterocycles. The summed E-state index contributed by atoms with van der Waals surface area (Å²) in [4.78, 5) is 0. The molecule has 0 amide bonds. The maximum absolute atomic E-state index is 5.92. The van der Waals surface area contributed by atoms with E-state index in [1.807, 2.05) is 12.1 Å². The summed E-state index contributed by atoms with van der Waals surface area (Å²) in [6.45, 7) is 5.36. The fourth-order valence-electron chi connectivity index (χ4n) is 2.10. The van der Waals surface area contributed by atoms with Crippen LogP contribution >= 0.6 is 0 Å². The van der Waals surface area contributed by atoms with E-state index in [0.717, 1.165) is 12.3 Å². The Morgan fingerprint density at radius 3 is 3.00 bits per heavy atom. The molecular formula is C13H19NO. The van der Waals surface area contributed by atoms with Crippen molar-refractivity contribution in [2.75, 3.05) is 6.54 Å². The third kappa shape index (κ3) is 2.72. The number of hydrogen-bond acceptors (Lipinski definition) is 2. The van der Waals surface area contributed by atoms with Gasteiger partial charge in [0, 0.05) is 6.04 Å². The van der Waals surface area contributed by atoms with Crippen LogP contribution in [0.1, 0.15) is 25.3 Å². The average Bonchev–Trinajstić information content (AvgIpc) is 2.70. The Hall–Kier alpha value is -1.02. The zero-order valence-corrected chi connectivity index (χ0v) is 9.49. The average molecular weight is 205 g/mol. The van der Waals surface area contributed by atoms with Crippen LogP contribution in [-0.4, -0.2) is 18.7 Å². The second kappa shape index (κ2) is 4.67. The van der Waals surface area contributed by atoms with E-state index in [-0.39, 0.29) is 6.10 Å². The number of benzene rings is 1. The Balaban J connectivity index is 1.95. The van der Waals surface area contributed by atoms with Crippen LogP contribution in [-0.2, 0) is 0 Å². The number of ether oxygens (including phenoxy) is 1. The van der Waals surface area contributed by atoms with Gasteiger partial charge in [-0.15, -0.1) is 0 Å². The molecule has 0 spiro atoms. The van der Waals surface area contributed by atoms with Crippen LogP contribution in [0.25, 0.3) is 0 Å². The molecule has 15 heavy (non-hydrogen) atoms. The maximum atomic E-state index is 5.92. The molecule has 0 saturated carbocycles. The topological polar surface area (TPSA) is 21.3 Å². The van der Waals surface area contributed by atoms with Crippen LogP contribution in [0.2, 0.25) is 0 Å². The van der Waals surface area contributed by atoms with E-state index in [1.54, 1.807) is 0 Å². The van der Waals surface area contributed by atoms with Gasteiger partial charge in [0.05, 0.1) is 0 Å². The minimum Gasteiger partial charge on any atom is -0.489 e. The summed E-state index contributed by atoms with van der Waals surface area (Å²) >= 11 is 0. The van der Waals surface area contributed by atoms with Crippen LogP contribution in [0.3, 0.4) is 0 Å². The molecule has 1 fully saturated rings. The van der Waals surface area contributed by atoms with E-state index in [0.29, 0.717) is 6.04 Å². The third-order valence-corrected chi connectivity index (χ3v) is 2.98. The van der Waals surface area contributed by atoms with E-state index < -0.39 is 0 Å². The number of hydrogen-bond donors (Lipinski definition) is 1. The van der Waals surface area contributed by atoms with Crippen molar-refractivity contribution in [1.82, 2.24) is 5.32 Å². The lowest BCUT2D eigenvalue weighted by Gasteiger charge is -2.21. The summed E-state index contributed by atoms with van der Waals surface area (Å²) in [6, 6.07) is 8.76. The fraction of sp³-hybridized carbons (Fsp3) is 0.538. The van der Waals surface area contributed by atoms with Gasteiger partial charge in [0.25, 0.3) is 0 Å². The summed E-state index contributed by atoms with van der Waals surface area (Å²) in [6.07, 6.45) is 2.76. The van der Waals surface area contributed by atoms with E-state index in [9.17, 15) is 0 Å².